The lowest BCUT2D eigenvalue weighted by Crippen LogP contribution is -2.02. The van der Waals surface area contributed by atoms with Crippen LogP contribution in [0.5, 0.6) is 0 Å². The van der Waals surface area contributed by atoms with Crippen LogP contribution < -0.4 is 0 Å². The van der Waals surface area contributed by atoms with Crippen LogP contribution in [0.25, 0.3) is 11.4 Å². The van der Waals surface area contributed by atoms with E-state index >= 15 is 0 Å². The molecule has 0 bridgehead atoms. The lowest BCUT2D eigenvalue weighted by atomic mass is 10.3. The minimum absolute atomic E-state index is 0.297. The molecule has 0 spiro atoms. The quantitative estimate of drug-likeness (QED) is 0.777. The van der Waals surface area contributed by atoms with Crippen molar-refractivity contribution in [2.24, 2.45) is 7.05 Å². The van der Waals surface area contributed by atoms with Crippen molar-refractivity contribution in [1.82, 2.24) is 19.7 Å². The summed E-state index contributed by atoms with van der Waals surface area (Å²) < 4.78 is 24.4. The number of pyridine rings is 1. The third-order valence-corrected chi connectivity index (χ3v) is 3.66. The molecule has 0 aliphatic rings. The lowest BCUT2D eigenvalue weighted by molar-refractivity contribution is 0.593. The van der Waals surface area contributed by atoms with Gasteiger partial charge in [0, 0.05) is 40.2 Å². The van der Waals surface area contributed by atoms with Crippen molar-refractivity contribution in [1.29, 1.82) is 0 Å². The van der Waals surface area contributed by atoms with Crippen molar-refractivity contribution in [3.63, 3.8) is 0 Å². The highest BCUT2D eigenvalue weighted by Gasteiger charge is 2.21. The second-order valence-electron chi connectivity index (χ2n) is 3.19. The van der Waals surface area contributed by atoms with Gasteiger partial charge in [-0.1, -0.05) is 0 Å². The molecule has 6 nitrogen and oxygen atoms in total. The molecule has 0 fully saturated rings. The van der Waals surface area contributed by atoms with Crippen LogP contribution in [0.3, 0.4) is 0 Å². The number of hydrogen-bond donors (Lipinski definition) is 0. The summed E-state index contributed by atoms with van der Waals surface area (Å²) in [5.41, 5.74) is 0.640. The summed E-state index contributed by atoms with van der Waals surface area (Å²) in [5, 5.41) is 7.03. The summed E-state index contributed by atoms with van der Waals surface area (Å²) in [6, 6.07) is 1.75. The van der Waals surface area contributed by atoms with E-state index in [1.165, 1.54) is 11.6 Å². The van der Waals surface area contributed by atoms with Gasteiger partial charge in [0.2, 0.25) is 0 Å². The Hall–Kier alpha value is -0.990. The third-order valence-electron chi connectivity index (χ3n) is 2.02. The van der Waals surface area contributed by atoms with Crippen LogP contribution in [-0.4, -0.2) is 28.2 Å². The minimum Gasteiger partial charge on any atom is -0.300 e. The SMILES string of the molecule is Cn1c(-c2cncc(Br)c2)nnc1S(=O)(=O)Cl. The maximum atomic E-state index is 11.2. The zero-order valence-corrected chi connectivity index (χ0v) is 11.7. The molecule has 0 amide bonds. The number of aromatic nitrogens is 4. The first kappa shape index (κ1) is 12.5. The summed E-state index contributed by atoms with van der Waals surface area (Å²) in [6.07, 6.45) is 3.17. The van der Waals surface area contributed by atoms with E-state index in [0.29, 0.717) is 11.4 Å². The number of hydrogen-bond acceptors (Lipinski definition) is 5. The van der Waals surface area contributed by atoms with Crippen LogP contribution in [0.4, 0.5) is 0 Å². The van der Waals surface area contributed by atoms with E-state index in [1.807, 2.05) is 0 Å². The van der Waals surface area contributed by atoms with Crippen LogP contribution in [0, 0.1) is 0 Å². The Morgan fingerprint density at radius 2 is 2.06 bits per heavy atom. The molecule has 0 N–H and O–H groups in total. The monoisotopic (exact) mass is 336 g/mol. The van der Waals surface area contributed by atoms with Crippen LogP contribution in [0.2, 0.25) is 0 Å². The summed E-state index contributed by atoms with van der Waals surface area (Å²) in [5.74, 6) is 0.373. The van der Waals surface area contributed by atoms with Crippen LogP contribution >= 0.6 is 26.6 Å². The van der Waals surface area contributed by atoms with E-state index in [9.17, 15) is 8.42 Å². The second-order valence-corrected chi connectivity index (χ2v) is 6.57. The fraction of sp³-hybridized carbons (Fsp3) is 0.125. The first-order valence-electron chi connectivity index (χ1n) is 4.34. The first-order chi connectivity index (χ1) is 7.89. The molecule has 0 radical (unpaired) electrons. The first-order valence-corrected chi connectivity index (χ1v) is 7.45. The largest absolute Gasteiger partial charge is 0.300 e. The molecule has 0 saturated carbocycles. The zero-order valence-electron chi connectivity index (χ0n) is 8.50. The molecule has 0 saturated heterocycles. The summed E-state index contributed by atoms with van der Waals surface area (Å²) in [7, 11) is 2.84. The topological polar surface area (TPSA) is 77.7 Å². The average molecular weight is 338 g/mol. The summed E-state index contributed by atoms with van der Waals surface area (Å²) in [6.45, 7) is 0. The van der Waals surface area contributed by atoms with Crippen LogP contribution in [0.15, 0.2) is 28.1 Å². The molecule has 2 rings (SSSR count). The van der Waals surface area contributed by atoms with Crippen molar-refractivity contribution < 1.29 is 8.42 Å². The predicted molar refractivity (Wildman–Crippen MR) is 65.0 cm³/mol. The van der Waals surface area contributed by atoms with Gasteiger partial charge in [-0.3, -0.25) is 9.55 Å². The van der Waals surface area contributed by atoms with E-state index in [4.69, 9.17) is 10.7 Å². The van der Waals surface area contributed by atoms with Crippen molar-refractivity contribution >= 4 is 35.7 Å². The number of halogens is 2. The molecular formula is C8H6BrClN4O2S. The molecule has 9 heteroatoms. The molecule has 0 aromatic carbocycles. The third kappa shape index (κ3) is 2.48. The Balaban J connectivity index is 2.60. The molecule has 0 unspecified atom stereocenters. The molecular weight excluding hydrogens is 332 g/mol. The molecule has 0 atom stereocenters. The number of rotatable bonds is 2. The summed E-state index contributed by atoms with van der Waals surface area (Å²) >= 11 is 3.27. The standard InChI is InChI=1S/C8H6BrClN4O2S/c1-14-7(5-2-6(9)4-11-3-5)12-13-8(14)17(10,15)16/h2-4H,1H3. The van der Waals surface area contributed by atoms with Gasteiger partial charge in [-0.05, 0) is 22.0 Å². The van der Waals surface area contributed by atoms with E-state index in [-0.39, 0.29) is 5.16 Å². The van der Waals surface area contributed by atoms with E-state index in [1.54, 1.807) is 18.5 Å². The normalized spacial score (nSPS) is 11.7. The van der Waals surface area contributed by atoms with Crippen LogP contribution in [-0.2, 0) is 16.1 Å². The molecule has 2 heterocycles. The van der Waals surface area contributed by atoms with Crippen LogP contribution in [0.1, 0.15) is 0 Å². The Kier molecular flexibility index (Phi) is 3.19. The number of nitrogens with zero attached hydrogens (tertiary/aromatic N) is 4. The molecule has 2 aromatic heterocycles. The second kappa shape index (κ2) is 4.35. The van der Waals surface area contributed by atoms with E-state index < -0.39 is 9.05 Å². The highest BCUT2D eigenvalue weighted by atomic mass is 79.9. The zero-order chi connectivity index (χ0) is 12.6. The molecule has 2 aromatic rings. The fourth-order valence-electron chi connectivity index (χ4n) is 1.31. The van der Waals surface area contributed by atoms with Crippen molar-refractivity contribution in [2.45, 2.75) is 5.16 Å². The van der Waals surface area contributed by atoms with Gasteiger partial charge in [0.1, 0.15) is 0 Å². The van der Waals surface area contributed by atoms with E-state index in [2.05, 4.69) is 31.1 Å². The molecule has 0 aliphatic carbocycles. The fourth-order valence-corrected chi connectivity index (χ4v) is 2.63. The highest BCUT2D eigenvalue weighted by Crippen LogP contribution is 2.22. The Morgan fingerprint density at radius 1 is 1.35 bits per heavy atom. The molecule has 17 heavy (non-hydrogen) atoms. The lowest BCUT2D eigenvalue weighted by Gasteiger charge is -2.01. The predicted octanol–water partition coefficient (Wildman–Crippen LogP) is 1.57. The Morgan fingerprint density at radius 3 is 2.59 bits per heavy atom. The van der Waals surface area contributed by atoms with Gasteiger partial charge in [-0.15, -0.1) is 10.2 Å². The van der Waals surface area contributed by atoms with E-state index in [0.717, 1.165) is 4.47 Å². The van der Waals surface area contributed by atoms with Gasteiger partial charge in [-0.2, -0.15) is 0 Å². The van der Waals surface area contributed by atoms with Gasteiger partial charge >= 0.3 is 0 Å². The smallest absolute Gasteiger partial charge is 0.296 e. The Bertz CT molecular complexity index is 670. The van der Waals surface area contributed by atoms with Crippen molar-refractivity contribution in [3.05, 3.63) is 22.9 Å². The van der Waals surface area contributed by atoms with Gasteiger partial charge in [0.25, 0.3) is 14.2 Å². The summed E-state index contributed by atoms with van der Waals surface area (Å²) in [4.78, 5) is 3.96. The molecule has 0 aliphatic heterocycles. The highest BCUT2D eigenvalue weighted by molar-refractivity contribution is 9.10. The maximum Gasteiger partial charge on any atom is 0.296 e. The average Bonchev–Trinajstić information content (AvgIpc) is 2.59. The van der Waals surface area contributed by atoms with Gasteiger partial charge in [0.15, 0.2) is 5.82 Å². The minimum atomic E-state index is -3.90. The van der Waals surface area contributed by atoms with Crippen molar-refractivity contribution in [3.8, 4) is 11.4 Å². The van der Waals surface area contributed by atoms with Gasteiger partial charge < -0.3 is 0 Å². The maximum absolute atomic E-state index is 11.2. The Labute approximate surface area is 110 Å². The molecule has 90 valence electrons. The van der Waals surface area contributed by atoms with Crippen molar-refractivity contribution in [2.75, 3.05) is 0 Å². The van der Waals surface area contributed by atoms with Gasteiger partial charge in [0.05, 0.1) is 0 Å². The van der Waals surface area contributed by atoms with Gasteiger partial charge in [-0.25, -0.2) is 8.42 Å².